The van der Waals surface area contributed by atoms with E-state index in [1.165, 1.54) is 0 Å². The molecule has 20 heavy (non-hydrogen) atoms. The topological polar surface area (TPSA) is 80.0 Å². The molecular formula is C13H25ClN4O2. The lowest BCUT2D eigenvalue weighted by Crippen LogP contribution is -2.31. The normalized spacial score (nSPS) is 10.1. The Balaban J connectivity index is 0.00000361. The molecule has 7 heteroatoms. The van der Waals surface area contributed by atoms with Crippen molar-refractivity contribution in [3.8, 4) is 0 Å². The van der Waals surface area contributed by atoms with Crippen molar-refractivity contribution in [2.45, 2.75) is 46.0 Å². The number of likely N-dealkylation sites (N-methyl/N-ethyl adjacent to an activating group) is 1. The van der Waals surface area contributed by atoms with Gasteiger partial charge in [0.2, 0.25) is 11.8 Å². The van der Waals surface area contributed by atoms with Gasteiger partial charge in [-0.15, -0.1) is 12.4 Å². The van der Waals surface area contributed by atoms with Gasteiger partial charge in [-0.3, -0.25) is 4.79 Å². The fourth-order valence-electron chi connectivity index (χ4n) is 1.67. The zero-order valence-electron chi connectivity index (χ0n) is 12.3. The molecule has 1 aromatic heterocycles. The molecule has 2 N–H and O–H groups in total. The minimum Gasteiger partial charge on any atom is -0.355 e. The molecule has 1 heterocycles. The van der Waals surface area contributed by atoms with Crippen LogP contribution in [0.25, 0.3) is 0 Å². The molecule has 0 aliphatic rings. The minimum atomic E-state index is 0. The number of aryl methyl sites for hydroxylation is 2. The molecule has 0 saturated carbocycles. The number of nitrogens with one attached hydrogen (secondary N) is 2. The lowest BCUT2D eigenvalue weighted by Gasteiger charge is -2.04. The maximum Gasteiger partial charge on any atom is 0.226 e. The molecule has 0 spiro atoms. The summed E-state index contributed by atoms with van der Waals surface area (Å²) >= 11 is 0. The number of hydrogen-bond acceptors (Lipinski definition) is 5. The van der Waals surface area contributed by atoms with Crippen LogP contribution in [0.4, 0.5) is 0 Å². The van der Waals surface area contributed by atoms with E-state index >= 15 is 0 Å². The highest BCUT2D eigenvalue weighted by Crippen LogP contribution is 2.04. The van der Waals surface area contributed by atoms with Crippen LogP contribution in [0, 0.1) is 0 Å². The van der Waals surface area contributed by atoms with Gasteiger partial charge in [-0.2, -0.15) is 4.98 Å². The Kier molecular flexibility index (Phi) is 11.0. The number of halogens is 1. The van der Waals surface area contributed by atoms with Gasteiger partial charge in [-0.05, 0) is 19.4 Å². The molecular weight excluding hydrogens is 280 g/mol. The fourth-order valence-corrected chi connectivity index (χ4v) is 1.67. The second-order valence-electron chi connectivity index (χ2n) is 4.41. The summed E-state index contributed by atoms with van der Waals surface area (Å²) in [5.74, 6) is 1.46. The van der Waals surface area contributed by atoms with Gasteiger partial charge in [0.15, 0.2) is 5.82 Å². The number of rotatable bonds is 10. The highest BCUT2D eigenvalue weighted by atomic mass is 35.5. The van der Waals surface area contributed by atoms with Crippen LogP contribution in [0.2, 0.25) is 0 Å². The van der Waals surface area contributed by atoms with Crippen molar-refractivity contribution in [2.75, 3.05) is 19.6 Å². The van der Waals surface area contributed by atoms with Crippen LogP contribution in [0.3, 0.4) is 0 Å². The molecule has 0 unspecified atom stereocenters. The summed E-state index contributed by atoms with van der Waals surface area (Å²) in [5, 5.41) is 9.89. The second kappa shape index (κ2) is 11.7. The Morgan fingerprint density at radius 3 is 2.75 bits per heavy atom. The van der Waals surface area contributed by atoms with E-state index < -0.39 is 0 Å². The summed E-state index contributed by atoms with van der Waals surface area (Å²) < 4.78 is 5.11. The molecule has 0 radical (unpaired) electrons. The van der Waals surface area contributed by atoms with Gasteiger partial charge in [0.25, 0.3) is 0 Å². The lowest BCUT2D eigenvalue weighted by atomic mass is 10.2. The first-order valence-electron chi connectivity index (χ1n) is 7.05. The van der Waals surface area contributed by atoms with E-state index in [4.69, 9.17) is 4.52 Å². The molecule has 1 amide bonds. The number of carbonyl (C=O) groups is 1. The maximum atomic E-state index is 11.5. The molecule has 116 valence electrons. The zero-order valence-corrected chi connectivity index (χ0v) is 13.1. The summed E-state index contributed by atoms with van der Waals surface area (Å²) in [7, 11) is 0. The number of nitrogens with zero attached hydrogens (tertiary/aromatic N) is 2. The molecule has 0 fully saturated rings. The first kappa shape index (κ1) is 18.9. The van der Waals surface area contributed by atoms with Crippen molar-refractivity contribution in [2.24, 2.45) is 0 Å². The number of amides is 1. The molecule has 0 aliphatic carbocycles. The summed E-state index contributed by atoms with van der Waals surface area (Å²) in [6.07, 6.45) is 3.75. The predicted octanol–water partition coefficient (Wildman–Crippen LogP) is 1.49. The van der Waals surface area contributed by atoms with E-state index in [0.717, 1.165) is 38.2 Å². The maximum absolute atomic E-state index is 11.5. The van der Waals surface area contributed by atoms with E-state index in [2.05, 4.69) is 27.7 Å². The third-order valence-corrected chi connectivity index (χ3v) is 2.65. The average molecular weight is 305 g/mol. The van der Waals surface area contributed by atoms with E-state index in [1.54, 1.807) is 0 Å². The van der Waals surface area contributed by atoms with Gasteiger partial charge < -0.3 is 15.2 Å². The van der Waals surface area contributed by atoms with Gasteiger partial charge in [-0.1, -0.05) is 19.0 Å². The number of hydrogen-bond donors (Lipinski definition) is 2. The molecule has 0 bridgehead atoms. The molecule has 0 aliphatic heterocycles. The van der Waals surface area contributed by atoms with E-state index in [0.29, 0.717) is 25.3 Å². The molecule has 0 aromatic carbocycles. The molecule has 0 atom stereocenters. The molecule has 1 aromatic rings. The highest BCUT2D eigenvalue weighted by Gasteiger charge is 2.06. The van der Waals surface area contributed by atoms with Crippen LogP contribution in [0.1, 0.15) is 44.8 Å². The van der Waals surface area contributed by atoms with E-state index in [9.17, 15) is 4.79 Å². The van der Waals surface area contributed by atoms with Crippen LogP contribution in [0.5, 0.6) is 0 Å². The van der Waals surface area contributed by atoms with Crippen molar-refractivity contribution < 1.29 is 9.32 Å². The van der Waals surface area contributed by atoms with Crippen molar-refractivity contribution in [3.63, 3.8) is 0 Å². The predicted molar refractivity (Wildman–Crippen MR) is 80.0 cm³/mol. The van der Waals surface area contributed by atoms with Crippen LogP contribution < -0.4 is 10.6 Å². The second-order valence-corrected chi connectivity index (χ2v) is 4.41. The Morgan fingerprint density at radius 1 is 1.25 bits per heavy atom. The van der Waals surface area contributed by atoms with Gasteiger partial charge in [0.1, 0.15) is 0 Å². The number of aromatic nitrogens is 2. The van der Waals surface area contributed by atoms with Crippen molar-refractivity contribution in [1.29, 1.82) is 0 Å². The van der Waals surface area contributed by atoms with Gasteiger partial charge in [-0.25, -0.2) is 0 Å². The first-order chi connectivity index (χ1) is 9.26. The third kappa shape index (κ3) is 8.12. The summed E-state index contributed by atoms with van der Waals surface area (Å²) in [6, 6.07) is 0. The Morgan fingerprint density at radius 2 is 2.05 bits per heavy atom. The smallest absolute Gasteiger partial charge is 0.226 e. The summed E-state index contributed by atoms with van der Waals surface area (Å²) in [5.41, 5.74) is 0. The highest BCUT2D eigenvalue weighted by molar-refractivity contribution is 5.85. The molecule has 6 nitrogen and oxygen atoms in total. The molecule has 0 saturated heterocycles. The lowest BCUT2D eigenvalue weighted by molar-refractivity contribution is -0.121. The summed E-state index contributed by atoms with van der Waals surface area (Å²) in [6.45, 7) is 6.53. The monoisotopic (exact) mass is 304 g/mol. The van der Waals surface area contributed by atoms with Gasteiger partial charge >= 0.3 is 0 Å². The standard InChI is InChI=1S/C13H24N4O2.ClH/c1-3-6-11-16-13(19-17-11)8-5-7-12(18)15-10-9-14-4-2;/h14H,3-10H2,1-2H3,(H,15,18);1H. The van der Waals surface area contributed by atoms with Crippen LogP contribution in [-0.4, -0.2) is 35.7 Å². The van der Waals surface area contributed by atoms with Gasteiger partial charge in [0, 0.05) is 32.4 Å². The van der Waals surface area contributed by atoms with Crippen molar-refractivity contribution >= 4 is 18.3 Å². The third-order valence-electron chi connectivity index (χ3n) is 2.65. The van der Waals surface area contributed by atoms with Crippen molar-refractivity contribution in [1.82, 2.24) is 20.8 Å². The Labute approximate surface area is 126 Å². The zero-order chi connectivity index (χ0) is 13.9. The minimum absolute atomic E-state index is 0. The number of carbonyl (C=O) groups excluding carboxylic acids is 1. The van der Waals surface area contributed by atoms with Crippen LogP contribution >= 0.6 is 12.4 Å². The average Bonchev–Trinajstić information content (AvgIpc) is 2.83. The van der Waals surface area contributed by atoms with Crippen molar-refractivity contribution in [3.05, 3.63) is 11.7 Å². The van der Waals surface area contributed by atoms with E-state index in [-0.39, 0.29) is 18.3 Å². The first-order valence-corrected chi connectivity index (χ1v) is 7.05. The summed E-state index contributed by atoms with van der Waals surface area (Å²) in [4.78, 5) is 15.8. The molecule has 1 rings (SSSR count). The Hall–Kier alpha value is -1.14. The SMILES string of the molecule is CCCc1noc(CCCC(=O)NCCNCC)n1.Cl. The van der Waals surface area contributed by atoms with Gasteiger partial charge in [0.05, 0.1) is 0 Å². The largest absolute Gasteiger partial charge is 0.355 e. The van der Waals surface area contributed by atoms with E-state index in [1.807, 2.05) is 6.92 Å². The quantitative estimate of drug-likeness (QED) is 0.640. The fraction of sp³-hybridized carbons (Fsp3) is 0.769. The van der Waals surface area contributed by atoms with Crippen LogP contribution in [-0.2, 0) is 17.6 Å². The van der Waals surface area contributed by atoms with Crippen LogP contribution in [0.15, 0.2) is 4.52 Å². The Bertz CT molecular complexity index is 371.